The zero-order chi connectivity index (χ0) is 12.1. The van der Waals surface area contributed by atoms with Crippen LogP contribution in [0.25, 0.3) is 0 Å². The normalized spacial score (nSPS) is 13.1. The third kappa shape index (κ3) is 3.47. The number of rotatable bonds is 5. The predicted octanol–water partition coefficient (Wildman–Crippen LogP) is 2.50. The molecule has 0 spiro atoms. The third-order valence-corrected chi connectivity index (χ3v) is 3.66. The lowest BCUT2D eigenvalue weighted by atomic mass is 10.2. The topological polar surface area (TPSA) is 38.5 Å². The highest BCUT2D eigenvalue weighted by molar-refractivity contribution is 9.10. The Morgan fingerprint density at radius 2 is 2.19 bits per heavy atom. The maximum absolute atomic E-state index is 5.84. The maximum Gasteiger partial charge on any atom is 0.0615 e. The minimum absolute atomic E-state index is 0.387. The standard InChI is InChI=1S/C12H19BrN2O/c1-9(8-16-3)15(2)7-10-5-4-6-11(14)12(10)13/h4-6,9H,7-8,14H2,1-3H3. The van der Waals surface area contributed by atoms with Crippen LogP contribution in [0.2, 0.25) is 0 Å². The highest BCUT2D eigenvalue weighted by atomic mass is 79.9. The summed E-state index contributed by atoms with van der Waals surface area (Å²) in [5, 5.41) is 0. The first kappa shape index (κ1) is 13.5. The Bertz CT molecular complexity index is 344. The summed E-state index contributed by atoms with van der Waals surface area (Å²) in [6, 6.07) is 6.34. The van der Waals surface area contributed by atoms with Crippen molar-refractivity contribution in [1.29, 1.82) is 0 Å². The summed E-state index contributed by atoms with van der Waals surface area (Å²) in [7, 11) is 3.81. The Kier molecular flexibility index (Phi) is 5.25. The molecule has 1 aromatic rings. The number of nitrogens with two attached hydrogens (primary N) is 1. The smallest absolute Gasteiger partial charge is 0.0615 e. The quantitative estimate of drug-likeness (QED) is 0.846. The maximum atomic E-state index is 5.84. The van der Waals surface area contributed by atoms with E-state index in [9.17, 15) is 0 Å². The number of halogens is 1. The Morgan fingerprint density at radius 1 is 1.50 bits per heavy atom. The summed E-state index contributed by atoms with van der Waals surface area (Å²) < 4.78 is 6.13. The molecule has 1 unspecified atom stereocenters. The van der Waals surface area contributed by atoms with E-state index in [4.69, 9.17) is 10.5 Å². The van der Waals surface area contributed by atoms with Gasteiger partial charge < -0.3 is 10.5 Å². The molecule has 0 aromatic heterocycles. The zero-order valence-electron chi connectivity index (χ0n) is 10.0. The van der Waals surface area contributed by atoms with Gasteiger partial charge in [0.1, 0.15) is 0 Å². The van der Waals surface area contributed by atoms with Gasteiger partial charge in [-0.15, -0.1) is 0 Å². The van der Waals surface area contributed by atoms with Gasteiger partial charge >= 0.3 is 0 Å². The van der Waals surface area contributed by atoms with Crippen molar-refractivity contribution < 1.29 is 4.74 Å². The molecule has 0 bridgehead atoms. The van der Waals surface area contributed by atoms with Gasteiger partial charge in [-0.3, -0.25) is 4.90 Å². The van der Waals surface area contributed by atoms with Gasteiger partial charge in [-0.05, 0) is 41.5 Å². The summed E-state index contributed by atoms with van der Waals surface area (Å²) in [6.07, 6.45) is 0. The number of nitrogen functional groups attached to an aromatic ring is 1. The molecule has 0 fully saturated rings. The Hall–Kier alpha value is -0.580. The first-order valence-electron chi connectivity index (χ1n) is 5.28. The number of anilines is 1. The van der Waals surface area contributed by atoms with E-state index < -0.39 is 0 Å². The zero-order valence-corrected chi connectivity index (χ0v) is 11.6. The van der Waals surface area contributed by atoms with Crippen molar-refractivity contribution in [3.63, 3.8) is 0 Å². The molecular formula is C12H19BrN2O. The summed E-state index contributed by atoms with van der Waals surface area (Å²) >= 11 is 3.51. The van der Waals surface area contributed by atoms with E-state index in [1.807, 2.05) is 12.1 Å². The molecule has 0 heterocycles. The van der Waals surface area contributed by atoms with Crippen LogP contribution >= 0.6 is 15.9 Å². The van der Waals surface area contributed by atoms with Gasteiger partial charge in [0.2, 0.25) is 0 Å². The largest absolute Gasteiger partial charge is 0.398 e. The summed E-state index contributed by atoms with van der Waals surface area (Å²) in [5.41, 5.74) is 7.82. The first-order chi connectivity index (χ1) is 7.56. The van der Waals surface area contributed by atoms with E-state index >= 15 is 0 Å². The average Bonchev–Trinajstić information content (AvgIpc) is 2.25. The molecule has 0 saturated carbocycles. The van der Waals surface area contributed by atoms with Crippen LogP contribution < -0.4 is 5.73 Å². The first-order valence-corrected chi connectivity index (χ1v) is 6.07. The minimum Gasteiger partial charge on any atom is -0.398 e. The van der Waals surface area contributed by atoms with Crippen LogP contribution in [0.15, 0.2) is 22.7 Å². The van der Waals surface area contributed by atoms with Crippen molar-refractivity contribution in [3.8, 4) is 0 Å². The van der Waals surface area contributed by atoms with Crippen molar-refractivity contribution in [2.24, 2.45) is 0 Å². The lowest BCUT2D eigenvalue weighted by Gasteiger charge is -2.24. The minimum atomic E-state index is 0.387. The van der Waals surface area contributed by atoms with E-state index in [1.54, 1.807) is 7.11 Å². The van der Waals surface area contributed by atoms with Gasteiger partial charge in [0, 0.05) is 29.9 Å². The molecule has 1 atom stereocenters. The van der Waals surface area contributed by atoms with Gasteiger partial charge in [-0.25, -0.2) is 0 Å². The highest BCUT2D eigenvalue weighted by Crippen LogP contribution is 2.24. The molecule has 1 aromatic carbocycles. The van der Waals surface area contributed by atoms with Crippen LogP contribution in [0.3, 0.4) is 0 Å². The lowest BCUT2D eigenvalue weighted by molar-refractivity contribution is 0.112. The summed E-state index contributed by atoms with van der Waals surface area (Å²) in [6.45, 7) is 3.73. The second-order valence-corrected chi connectivity index (χ2v) is 4.83. The SMILES string of the molecule is COCC(C)N(C)Cc1cccc(N)c1Br. The third-order valence-electron chi connectivity index (χ3n) is 2.69. The van der Waals surface area contributed by atoms with Crippen LogP contribution in [0.5, 0.6) is 0 Å². The van der Waals surface area contributed by atoms with Crippen LogP contribution in [-0.4, -0.2) is 31.7 Å². The fraction of sp³-hybridized carbons (Fsp3) is 0.500. The number of ether oxygens (including phenoxy) is 1. The lowest BCUT2D eigenvalue weighted by Crippen LogP contribution is -2.32. The molecule has 0 radical (unpaired) electrons. The van der Waals surface area contributed by atoms with Gasteiger partial charge in [-0.2, -0.15) is 0 Å². The van der Waals surface area contributed by atoms with Crippen molar-refractivity contribution in [2.75, 3.05) is 26.5 Å². The molecule has 0 aliphatic carbocycles. The second-order valence-electron chi connectivity index (χ2n) is 4.04. The molecule has 3 nitrogen and oxygen atoms in total. The molecule has 0 amide bonds. The molecule has 90 valence electrons. The number of hydrogen-bond donors (Lipinski definition) is 1. The molecule has 0 aliphatic rings. The van der Waals surface area contributed by atoms with Crippen molar-refractivity contribution >= 4 is 21.6 Å². The predicted molar refractivity (Wildman–Crippen MR) is 71.4 cm³/mol. The number of hydrogen-bond acceptors (Lipinski definition) is 3. The molecule has 1 rings (SSSR count). The van der Waals surface area contributed by atoms with Gasteiger partial charge in [0.05, 0.1) is 6.61 Å². The molecule has 0 saturated heterocycles. The number of methoxy groups -OCH3 is 1. The second kappa shape index (κ2) is 6.23. The van der Waals surface area contributed by atoms with Crippen LogP contribution in [0.4, 0.5) is 5.69 Å². The van der Waals surface area contributed by atoms with E-state index in [2.05, 4.69) is 40.9 Å². The van der Waals surface area contributed by atoms with Gasteiger partial charge in [0.15, 0.2) is 0 Å². The molecular weight excluding hydrogens is 268 g/mol. The van der Waals surface area contributed by atoms with Crippen LogP contribution in [0.1, 0.15) is 12.5 Å². The molecule has 2 N–H and O–H groups in total. The Labute approximate surface area is 106 Å². The molecule has 4 heteroatoms. The van der Waals surface area contributed by atoms with Crippen molar-refractivity contribution in [3.05, 3.63) is 28.2 Å². The van der Waals surface area contributed by atoms with E-state index in [-0.39, 0.29) is 0 Å². The molecule has 0 aliphatic heterocycles. The number of benzene rings is 1. The fourth-order valence-corrected chi connectivity index (χ4v) is 1.90. The van der Waals surface area contributed by atoms with Crippen molar-refractivity contribution in [2.45, 2.75) is 19.5 Å². The summed E-state index contributed by atoms with van der Waals surface area (Å²) in [5.74, 6) is 0. The monoisotopic (exact) mass is 286 g/mol. The fourth-order valence-electron chi connectivity index (χ4n) is 1.51. The number of likely N-dealkylation sites (N-methyl/N-ethyl adjacent to an activating group) is 1. The molecule has 16 heavy (non-hydrogen) atoms. The number of nitrogens with zero attached hydrogens (tertiary/aromatic N) is 1. The highest BCUT2D eigenvalue weighted by Gasteiger charge is 2.11. The van der Waals surface area contributed by atoms with E-state index in [1.165, 1.54) is 5.56 Å². The van der Waals surface area contributed by atoms with Crippen molar-refractivity contribution in [1.82, 2.24) is 4.90 Å². The van der Waals surface area contributed by atoms with Crippen LogP contribution in [0, 0.1) is 0 Å². The van der Waals surface area contributed by atoms with Crippen LogP contribution in [-0.2, 0) is 11.3 Å². The Balaban J connectivity index is 2.69. The Morgan fingerprint density at radius 3 is 2.81 bits per heavy atom. The summed E-state index contributed by atoms with van der Waals surface area (Å²) in [4.78, 5) is 2.24. The van der Waals surface area contributed by atoms with E-state index in [0.717, 1.165) is 23.3 Å². The van der Waals surface area contributed by atoms with Gasteiger partial charge in [0.25, 0.3) is 0 Å². The van der Waals surface area contributed by atoms with E-state index in [0.29, 0.717) is 6.04 Å². The van der Waals surface area contributed by atoms with Gasteiger partial charge in [-0.1, -0.05) is 12.1 Å². The average molecular weight is 287 g/mol.